The van der Waals surface area contributed by atoms with Crippen molar-refractivity contribution >= 4 is 0 Å². The third kappa shape index (κ3) is 3.63. The molecule has 0 spiro atoms. The fourth-order valence-corrected chi connectivity index (χ4v) is 2.74. The number of hydrogen-bond donors (Lipinski definition) is 1. The van der Waals surface area contributed by atoms with E-state index < -0.39 is 0 Å². The number of rotatable bonds is 5. The maximum Gasteiger partial charge on any atom is 0.161 e. The number of likely N-dealkylation sites (tertiary alicyclic amines) is 1. The second-order valence-corrected chi connectivity index (χ2v) is 5.76. The van der Waals surface area contributed by atoms with Crippen molar-refractivity contribution in [3.8, 4) is 11.5 Å². The zero-order valence-electron chi connectivity index (χ0n) is 12.2. The van der Waals surface area contributed by atoms with Crippen LogP contribution >= 0.6 is 0 Å². The fraction of sp³-hybridized carbons (Fsp3) is 0.625. The van der Waals surface area contributed by atoms with E-state index in [2.05, 4.69) is 18.7 Å². The molecule has 1 aliphatic heterocycles. The average Bonchev–Trinajstić information content (AvgIpc) is 2.82. The molecule has 2 rings (SSSR count). The summed E-state index contributed by atoms with van der Waals surface area (Å²) in [4.78, 5) is 2.49. The Morgan fingerprint density at radius 1 is 1.42 bits per heavy atom. The molecular formula is C16H25NO2. The lowest BCUT2D eigenvalue weighted by Gasteiger charge is -2.18. The molecule has 1 N–H and O–H groups in total. The molecule has 1 unspecified atom stereocenters. The van der Waals surface area contributed by atoms with E-state index in [1.165, 1.54) is 25.1 Å². The largest absolute Gasteiger partial charge is 0.504 e. The minimum atomic E-state index is 0.229. The van der Waals surface area contributed by atoms with E-state index in [1.54, 1.807) is 6.07 Å². The van der Waals surface area contributed by atoms with Crippen LogP contribution in [0, 0.1) is 11.8 Å². The molecule has 1 aromatic rings. The molecule has 106 valence electrons. The summed E-state index contributed by atoms with van der Waals surface area (Å²) in [6, 6.07) is 5.68. The minimum absolute atomic E-state index is 0.229. The Kier molecular flexibility index (Phi) is 4.70. The molecule has 1 heterocycles. The van der Waals surface area contributed by atoms with E-state index in [0.29, 0.717) is 12.4 Å². The first-order chi connectivity index (χ1) is 9.10. The lowest BCUT2D eigenvalue weighted by molar-refractivity contribution is 0.293. The topological polar surface area (TPSA) is 32.7 Å². The number of hydrogen-bond acceptors (Lipinski definition) is 3. The number of aromatic hydroxyl groups is 1. The van der Waals surface area contributed by atoms with Gasteiger partial charge in [-0.25, -0.2) is 0 Å². The van der Waals surface area contributed by atoms with E-state index >= 15 is 0 Å². The van der Waals surface area contributed by atoms with E-state index in [1.807, 2.05) is 19.1 Å². The molecule has 1 aromatic carbocycles. The number of phenolic OH excluding ortho intramolecular Hbond substituents is 1. The highest BCUT2D eigenvalue weighted by Gasteiger charge is 2.24. The molecule has 1 fully saturated rings. The lowest BCUT2D eigenvalue weighted by Crippen LogP contribution is -2.21. The molecule has 0 saturated carbocycles. The SMILES string of the molecule is CCOc1cc(CN2CCC(C(C)C)C2)ccc1O. The zero-order valence-corrected chi connectivity index (χ0v) is 12.2. The first-order valence-electron chi connectivity index (χ1n) is 7.27. The monoisotopic (exact) mass is 263 g/mol. The van der Waals surface area contributed by atoms with E-state index in [-0.39, 0.29) is 5.75 Å². The Morgan fingerprint density at radius 3 is 2.84 bits per heavy atom. The van der Waals surface area contributed by atoms with Gasteiger partial charge in [-0.05, 0) is 49.4 Å². The summed E-state index contributed by atoms with van der Waals surface area (Å²) in [5.74, 6) is 2.42. The highest BCUT2D eigenvalue weighted by molar-refractivity contribution is 5.41. The van der Waals surface area contributed by atoms with Gasteiger partial charge in [0.25, 0.3) is 0 Å². The van der Waals surface area contributed by atoms with Crippen LogP contribution < -0.4 is 4.74 Å². The van der Waals surface area contributed by atoms with Crippen molar-refractivity contribution in [2.24, 2.45) is 11.8 Å². The Hall–Kier alpha value is -1.22. The molecule has 0 aliphatic carbocycles. The molecule has 0 bridgehead atoms. The number of ether oxygens (including phenoxy) is 1. The van der Waals surface area contributed by atoms with Crippen LogP contribution in [-0.2, 0) is 6.54 Å². The predicted octanol–water partition coefficient (Wildman–Crippen LogP) is 3.27. The molecular weight excluding hydrogens is 238 g/mol. The van der Waals surface area contributed by atoms with Crippen LogP contribution in [0.5, 0.6) is 11.5 Å². The van der Waals surface area contributed by atoms with Crippen molar-refractivity contribution < 1.29 is 9.84 Å². The Bertz CT molecular complexity index is 417. The molecule has 1 atom stereocenters. The molecule has 1 aliphatic rings. The van der Waals surface area contributed by atoms with Crippen molar-refractivity contribution in [1.82, 2.24) is 4.90 Å². The summed E-state index contributed by atoms with van der Waals surface area (Å²) in [6.07, 6.45) is 1.30. The van der Waals surface area contributed by atoms with Crippen LogP contribution in [0.15, 0.2) is 18.2 Å². The second-order valence-electron chi connectivity index (χ2n) is 5.76. The van der Waals surface area contributed by atoms with Crippen LogP contribution in [0.4, 0.5) is 0 Å². The molecule has 0 aromatic heterocycles. The van der Waals surface area contributed by atoms with Crippen LogP contribution in [0.3, 0.4) is 0 Å². The summed E-state index contributed by atoms with van der Waals surface area (Å²) in [6.45, 7) is 10.4. The van der Waals surface area contributed by atoms with Crippen molar-refractivity contribution in [1.29, 1.82) is 0 Å². The molecule has 3 heteroatoms. The van der Waals surface area contributed by atoms with Gasteiger partial charge in [-0.1, -0.05) is 19.9 Å². The normalized spacial score (nSPS) is 20.1. The van der Waals surface area contributed by atoms with E-state index in [9.17, 15) is 5.11 Å². The van der Waals surface area contributed by atoms with Gasteiger partial charge >= 0.3 is 0 Å². The summed E-state index contributed by atoms with van der Waals surface area (Å²) in [5, 5.41) is 9.70. The lowest BCUT2D eigenvalue weighted by atomic mass is 9.95. The smallest absolute Gasteiger partial charge is 0.161 e. The first kappa shape index (κ1) is 14.2. The van der Waals surface area contributed by atoms with Gasteiger partial charge in [-0.15, -0.1) is 0 Å². The quantitative estimate of drug-likeness (QED) is 0.885. The van der Waals surface area contributed by atoms with E-state index in [4.69, 9.17) is 4.74 Å². The minimum Gasteiger partial charge on any atom is -0.504 e. The standard InChI is InChI=1S/C16H25NO2/c1-4-19-16-9-13(5-6-15(16)18)10-17-8-7-14(11-17)12(2)3/h5-6,9,12,14,18H,4,7-8,10-11H2,1-3H3. The van der Waals surface area contributed by atoms with Gasteiger partial charge in [0.05, 0.1) is 6.61 Å². The van der Waals surface area contributed by atoms with Gasteiger partial charge < -0.3 is 9.84 Å². The highest BCUT2D eigenvalue weighted by Crippen LogP contribution is 2.29. The van der Waals surface area contributed by atoms with Gasteiger partial charge in [0.1, 0.15) is 0 Å². The van der Waals surface area contributed by atoms with E-state index in [0.717, 1.165) is 18.4 Å². The van der Waals surface area contributed by atoms with Crippen molar-refractivity contribution in [2.75, 3.05) is 19.7 Å². The number of benzene rings is 1. The molecule has 0 radical (unpaired) electrons. The Labute approximate surface area is 116 Å². The van der Waals surface area contributed by atoms with Gasteiger partial charge in [-0.3, -0.25) is 4.90 Å². The number of phenols is 1. The molecule has 3 nitrogen and oxygen atoms in total. The maximum absolute atomic E-state index is 9.70. The van der Waals surface area contributed by atoms with Crippen LogP contribution in [-0.4, -0.2) is 29.7 Å². The first-order valence-corrected chi connectivity index (χ1v) is 7.27. The molecule has 19 heavy (non-hydrogen) atoms. The van der Waals surface area contributed by atoms with Gasteiger partial charge in [-0.2, -0.15) is 0 Å². The fourth-order valence-electron chi connectivity index (χ4n) is 2.74. The van der Waals surface area contributed by atoms with Gasteiger partial charge in [0.15, 0.2) is 11.5 Å². The average molecular weight is 263 g/mol. The Morgan fingerprint density at radius 2 is 2.21 bits per heavy atom. The van der Waals surface area contributed by atoms with Gasteiger partial charge in [0.2, 0.25) is 0 Å². The van der Waals surface area contributed by atoms with Crippen LogP contribution in [0.25, 0.3) is 0 Å². The van der Waals surface area contributed by atoms with Crippen molar-refractivity contribution in [3.05, 3.63) is 23.8 Å². The van der Waals surface area contributed by atoms with Gasteiger partial charge in [0, 0.05) is 13.1 Å². The summed E-state index contributed by atoms with van der Waals surface area (Å²) < 4.78 is 5.43. The third-order valence-corrected chi connectivity index (χ3v) is 3.98. The summed E-state index contributed by atoms with van der Waals surface area (Å²) in [5.41, 5.74) is 1.21. The molecule has 1 saturated heterocycles. The second kappa shape index (κ2) is 6.29. The summed E-state index contributed by atoms with van der Waals surface area (Å²) in [7, 11) is 0. The van der Waals surface area contributed by atoms with Crippen molar-refractivity contribution in [3.63, 3.8) is 0 Å². The predicted molar refractivity (Wildman–Crippen MR) is 77.5 cm³/mol. The third-order valence-electron chi connectivity index (χ3n) is 3.98. The highest BCUT2D eigenvalue weighted by atomic mass is 16.5. The molecule has 0 amide bonds. The van der Waals surface area contributed by atoms with Crippen LogP contribution in [0.2, 0.25) is 0 Å². The Balaban J connectivity index is 1.98. The maximum atomic E-state index is 9.70. The van der Waals surface area contributed by atoms with Crippen molar-refractivity contribution in [2.45, 2.75) is 33.7 Å². The van der Waals surface area contributed by atoms with Crippen LogP contribution in [0.1, 0.15) is 32.8 Å². The zero-order chi connectivity index (χ0) is 13.8. The number of nitrogens with zero attached hydrogens (tertiary/aromatic N) is 1. The summed E-state index contributed by atoms with van der Waals surface area (Å²) >= 11 is 0.